The zero-order valence-corrected chi connectivity index (χ0v) is 15.7. The molecular formula is C21H21NO6. The van der Waals surface area contributed by atoms with Crippen LogP contribution >= 0.6 is 0 Å². The molecular weight excluding hydrogens is 362 g/mol. The van der Waals surface area contributed by atoms with Gasteiger partial charge in [0.25, 0.3) is 0 Å². The van der Waals surface area contributed by atoms with Gasteiger partial charge in [-0.25, -0.2) is 4.79 Å². The minimum Gasteiger partial charge on any atom is -0.486 e. The van der Waals surface area contributed by atoms with Crippen LogP contribution in [-0.4, -0.2) is 37.5 Å². The molecule has 2 aromatic carbocycles. The molecule has 0 fully saturated rings. The lowest BCUT2D eigenvalue weighted by Crippen LogP contribution is -2.21. The van der Waals surface area contributed by atoms with Gasteiger partial charge in [-0.3, -0.25) is 9.59 Å². The summed E-state index contributed by atoms with van der Waals surface area (Å²) < 4.78 is 16.0. The molecule has 1 aliphatic rings. The molecule has 0 aromatic heterocycles. The second-order valence-corrected chi connectivity index (χ2v) is 6.55. The lowest BCUT2D eigenvalue weighted by Gasteiger charge is -2.18. The van der Waals surface area contributed by atoms with Gasteiger partial charge in [0, 0.05) is 11.5 Å². The van der Waals surface area contributed by atoms with Crippen LogP contribution in [0.15, 0.2) is 42.5 Å². The summed E-state index contributed by atoms with van der Waals surface area (Å²) in [6.45, 7) is 3.96. The fourth-order valence-corrected chi connectivity index (χ4v) is 2.56. The highest BCUT2D eigenvalue weighted by Gasteiger charge is 2.19. The van der Waals surface area contributed by atoms with Crippen LogP contribution in [0.4, 0.5) is 5.69 Å². The second-order valence-electron chi connectivity index (χ2n) is 6.55. The fraction of sp³-hybridized carbons (Fsp3) is 0.286. The van der Waals surface area contributed by atoms with E-state index in [4.69, 9.17) is 14.2 Å². The maximum absolute atomic E-state index is 12.4. The Morgan fingerprint density at radius 2 is 1.75 bits per heavy atom. The van der Waals surface area contributed by atoms with Crippen molar-refractivity contribution >= 4 is 23.3 Å². The Balaban J connectivity index is 1.66. The van der Waals surface area contributed by atoms with E-state index < -0.39 is 12.6 Å². The van der Waals surface area contributed by atoms with E-state index in [2.05, 4.69) is 5.32 Å². The zero-order chi connectivity index (χ0) is 20.1. The first kappa shape index (κ1) is 19.4. The van der Waals surface area contributed by atoms with Crippen molar-refractivity contribution in [1.29, 1.82) is 0 Å². The molecule has 0 radical (unpaired) electrons. The Hall–Kier alpha value is -3.35. The summed E-state index contributed by atoms with van der Waals surface area (Å²) in [5, 5.41) is 2.69. The van der Waals surface area contributed by atoms with Gasteiger partial charge in [-0.05, 0) is 30.3 Å². The maximum atomic E-state index is 12.4. The SMILES string of the molecule is CC(C)C(=O)Nc1ccccc1C(=O)OCC(=O)c1ccc2c(c1)OCCO2. The highest BCUT2D eigenvalue weighted by atomic mass is 16.6. The van der Waals surface area contributed by atoms with Crippen molar-refractivity contribution in [3.63, 3.8) is 0 Å². The molecule has 7 heteroatoms. The molecule has 1 amide bonds. The average molecular weight is 383 g/mol. The quantitative estimate of drug-likeness (QED) is 0.609. The maximum Gasteiger partial charge on any atom is 0.340 e. The molecule has 3 rings (SSSR count). The smallest absolute Gasteiger partial charge is 0.340 e. The third-order valence-electron chi connectivity index (χ3n) is 4.13. The van der Waals surface area contributed by atoms with E-state index in [1.807, 2.05) is 0 Å². The fourth-order valence-electron chi connectivity index (χ4n) is 2.56. The summed E-state index contributed by atoms with van der Waals surface area (Å²) in [6.07, 6.45) is 0. The normalized spacial score (nSPS) is 12.4. The number of Topliss-reactive ketones (excluding diaryl/α,β-unsaturated/α-hetero) is 1. The molecule has 7 nitrogen and oxygen atoms in total. The van der Waals surface area contributed by atoms with Crippen LogP contribution in [0, 0.1) is 5.92 Å². The predicted octanol–water partition coefficient (Wildman–Crippen LogP) is 3.09. The largest absolute Gasteiger partial charge is 0.486 e. The summed E-state index contributed by atoms with van der Waals surface area (Å²) in [5.41, 5.74) is 0.892. The molecule has 0 bridgehead atoms. The van der Waals surface area contributed by atoms with Crippen molar-refractivity contribution in [2.75, 3.05) is 25.1 Å². The molecule has 2 aromatic rings. The van der Waals surface area contributed by atoms with Crippen LogP contribution in [0.1, 0.15) is 34.6 Å². The van der Waals surface area contributed by atoms with E-state index in [1.54, 1.807) is 50.2 Å². The number of benzene rings is 2. The Labute approximate surface area is 162 Å². The van der Waals surface area contributed by atoms with Crippen LogP contribution in [0.2, 0.25) is 0 Å². The predicted molar refractivity (Wildman–Crippen MR) is 102 cm³/mol. The van der Waals surface area contributed by atoms with Gasteiger partial charge < -0.3 is 19.5 Å². The Morgan fingerprint density at radius 1 is 1.04 bits per heavy atom. The summed E-state index contributed by atoms with van der Waals surface area (Å²) in [5.74, 6) is -0.437. The van der Waals surface area contributed by atoms with E-state index in [1.165, 1.54) is 6.07 Å². The van der Waals surface area contributed by atoms with Gasteiger partial charge in [-0.15, -0.1) is 0 Å². The highest BCUT2D eigenvalue weighted by Crippen LogP contribution is 2.30. The van der Waals surface area contributed by atoms with E-state index in [0.29, 0.717) is 36.0 Å². The van der Waals surface area contributed by atoms with E-state index in [0.717, 1.165) is 0 Å². The number of esters is 1. The van der Waals surface area contributed by atoms with Gasteiger partial charge in [0.05, 0.1) is 11.3 Å². The Morgan fingerprint density at radius 3 is 2.50 bits per heavy atom. The van der Waals surface area contributed by atoms with Crippen LogP contribution < -0.4 is 14.8 Å². The first-order chi connectivity index (χ1) is 13.5. The number of ether oxygens (including phenoxy) is 3. The van der Waals surface area contributed by atoms with Crippen LogP contribution in [0.5, 0.6) is 11.5 Å². The topological polar surface area (TPSA) is 90.9 Å². The Bertz CT molecular complexity index is 906. The number of para-hydroxylation sites is 1. The first-order valence-corrected chi connectivity index (χ1v) is 8.95. The van der Waals surface area contributed by atoms with Gasteiger partial charge in [0.15, 0.2) is 23.9 Å². The minimum absolute atomic E-state index is 0.187. The van der Waals surface area contributed by atoms with Crippen molar-refractivity contribution in [3.05, 3.63) is 53.6 Å². The van der Waals surface area contributed by atoms with Gasteiger partial charge in [0.1, 0.15) is 13.2 Å². The Kier molecular flexibility index (Phi) is 5.93. The number of carbonyl (C=O) groups is 3. The minimum atomic E-state index is -0.689. The van der Waals surface area contributed by atoms with Crippen LogP contribution in [0.3, 0.4) is 0 Å². The third kappa shape index (κ3) is 4.49. The lowest BCUT2D eigenvalue weighted by molar-refractivity contribution is -0.118. The van der Waals surface area contributed by atoms with Crippen molar-refractivity contribution in [2.45, 2.75) is 13.8 Å². The van der Waals surface area contributed by atoms with Crippen molar-refractivity contribution in [2.24, 2.45) is 5.92 Å². The molecule has 0 saturated heterocycles. The molecule has 28 heavy (non-hydrogen) atoms. The number of carbonyl (C=O) groups excluding carboxylic acids is 3. The van der Waals surface area contributed by atoms with Crippen LogP contribution in [-0.2, 0) is 9.53 Å². The molecule has 0 aliphatic carbocycles. The number of nitrogens with one attached hydrogen (secondary N) is 1. The van der Waals surface area contributed by atoms with Gasteiger partial charge in [0.2, 0.25) is 5.91 Å². The summed E-state index contributed by atoms with van der Waals surface area (Å²) >= 11 is 0. The van der Waals surface area contributed by atoms with Gasteiger partial charge >= 0.3 is 5.97 Å². The van der Waals surface area contributed by atoms with Gasteiger partial charge in [-0.2, -0.15) is 0 Å². The average Bonchev–Trinajstić information content (AvgIpc) is 2.71. The highest BCUT2D eigenvalue weighted by molar-refractivity contribution is 6.03. The molecule has 0 unspecified atom stereocenters. The summed E-state index contributed by atoms with van der Waals surface area (Å²) in [6, 6.07) is 11.3. The van der Waals surface area contributed by atoms with Crippen molar-refractivity contribution in [1.82, 2.24) is 0 Å². The molecule has 1 N–H and O–H groups in total. The zero-order valence-electron chi connectivity index (χ0n) is 15.7. The number of amides is 1. The molecule has 0 atom stereocenters. The first-order valence-electron chi connectivity index (χ1n) is 8.95. The van der Waals surface area contributed by atoms with E-state index in [9.17, 15) is 14.4 Å². The lowest BCUT2D eigenvalue weighted by atomic mass is 10.1. The number of hydrogen-bond donors (Lipinski definition) is 1. The molecule has 0 spiro atoms. The van der Waals surface area contributed by atoms with E-state index in [-0.39, 0.29) is 23.2 Å². The van der Waals surface area contributed by atoms with Gasteiger partial charge in [-0.1, -0.05) is 26.0 Å². The monoisotopic (exact) mass is 383 g/mol. The van der Waals surface area contributed by atoms with Crippen molar-refractivity contribution < 1.29 is 28.6 Å². The third-order valence-corrected chi connectivity index (χ3v) is 4.13. The number of rotatable bonds is 6. The molecule has 146 valence electrons. The van der Waals surface area contributed by atoms with E-state index >= 15 is 0 Å². The number of anilines is 1. The second kappa shape index (κ2) is 8.56. The summed E-state index contributed by atoms with van der Waals surface area (Å²) in [7, 11) is 0. The molecule has 1 heterocycles. The summed E-state index contributed by atoms with van der Waals surface area (Å²) in [4.78, 5) is 36.7. The number of hydrogen-bond acceptors (Lipinski definition) is 6. The van der Waals surface area contributed by atoms with Crippen LogP contribution in [0.25, 0.3) is 0 Å². The van der Waals surface area contributed by atoms with Crippen molar-refractivity contribution in [3.8, 4) is 11.5 Å². The standard InChI is InChI=1S/C21H21NO6/c1-13(2)20(24)22-16-6-4-3-5-15(16)21(25)28-12-17(23)14-7-8-18-19(11-14)27-10-9-26-18/h3-8,11,13H,9-10,12H2,1-2H3,(H,22,24). The number of fused-ring (bicyclic) bond motifs is 1. The molecule has 1 aliphatic heterocycles. The molecule has 0 saturated carbocycles. The number of ketones is 1.